The molecule has 0 saturated heterocycles. The van der Waals surface area contributed by atoms with E-state index in [0.29, 0.717) is 0 Å². The average Bonchev–Trinajstić information content (AvgIpc) is 1.82. The lowest BCUT2D eigenvalue weighted by Gasteiger charge is -2.01. The van der Waals surface area contributed by atoms with E-state index in [1.54, 1.807) is 0 Å². The van der Waals surface area contributed by atoms with E-state index >= 15 is 0 Å². The van der Waals surface area contributed by atoms with Gasteiger partial charge in [0.1, 0.15) is 6.04 Å². The van der Waals surface area contributed by atoms with Crippen molar-refractivity contribution in [1.82, 2.24) is 0 Å². The van der Waals surface area contributed by atoms with Crippen molar-refractivity contribution in [3.8, 4) is 0 Å². The highest BCUT2D eigenvalue weighted by Crippen LogP contribution is 1.93. The van der Waals surface area contributed by atoms with Crippen molar-refractivity contribution < 1.29 is 25.3 Å². The number of carbonyl (C=O) groups is 2. The fourth-order valence-corrected chi connectivity index (χ4v) is 0.402. The molecule has 6 heteroatoms. The van der Waals surface area contributed by atoms with Crippen LogP contribution in [0, 0.1) is 0 Å². The molecule has 0 unspecified atom stereocenters. The lowest BCUT2D eigenvalue weighted by atomic mass is 10.2. The summed E-state index contributed by atoms with van der Waals surface area (Å²) in [5.41, 5.74) is 5.00. The molecule has 0 aromatic carbocycles. The van der Waals surface area contributed by atoms with Gasteiger partial charge < -0.3 is 21.4 Å². The van der Waals surface area contributed by atoms with Crippen LogP contribution in [0.25, 0.3) is 0 Å². The first-order valence-corrected chi connectivity index (χ1v) is 2.74. The van der Waals surface area contributed by atoms with Crippen molar-refractivity contribution in [2.75, 3.05) is 0 Å². The van der Waals surface area contributed by atoms with E-state index in [1.807, 2.05) is 0 Å². The second kappa shape index (κ2) is 5.63. The number of hydrogen-bond acceptors (Lipinski definition) is 3. The number of carboxylic acid groups (broad SMARTS) is 2. The van der Waals surface area contributed by atoms with Gasteiger partial charge in [-0.25, -0.2) is 0 Å². The maximum atomic E-state index is 9.99. The van der Waals surface area contributed by atoms with Crippen molar-refractivity contribution in [2.24, 2.45) is 5.73 Å². The SMILES string of the molecule is N[C@@H](CCC(=O)O)C(=O)O.O. The standard InChI is InChI=1S/C5H9NO4.H2O/c6-3(5(9)10)1-2-4(7)8;/h3H,1-2,6H2,(H,7,8)(H,9,10);1H2/t3-;/m0./s1. The van der Waals surface area contributed by atoms with E-state index in [4.69, 9.17) is 15.9 Å². The highest BCUT2D eigenvalue weighted by atomic mass is 16.4. The van der Waals surface area contributed by atoms with E-state index in [2.05, 4.69) is 0 Å². The normalized spacial score (nSPS) is 11.4. The molecule has 0 aromatic heterocycles. The summed E-state index contributed by atoms with van der Waals surface area (Å²) in [6.45, 7) is 0. The van der Waals surface area contributed by atoms with Crippen LogP contribution in [0.5, 0.6) is 0 Å². The molecule has 0 bridgehead atoms. The first kappa shape index (κ1) is 12.5. The fourth-order valence-electron chi connectivity index (χ4n) is 0.402. The molecule has 0 heterocycles. The lowest BCUT2D eigenvalue weighted by Crippen LogP contribution is -2.30. The van der Waals surface area contributed by atoms with Crippen molar-refractivity contribution in [2.45, 2.75) is 18.9 Å². The van der Waals surface area contributed by atoms with E-state index in [0.717, 1.165) is 0 Å². The van der Waals surface area contributed by atoms with Crippen LogP contribution in [-0.2, 0) is 9.59 Å². The molecule has 0 aliphatic rings. The van der Waals surface area contributed by atoms with Crippen LogP contribution in [0.1, 0.15) is 12.8 Å². The molecule has 66 valence electrons. The van der Waals surface area contributed by atoms with Crippen LogP contribution in [0.2, 0.25) is 0 Å². The Hall–Kier alpha value is -1.14. The Morgan fingerprint density at radius 2 is 1.82 bits per heavy atom. The zero-order chi connectivity index (χ0) is 8.15. The van der Waals surface area contributed by atoms with Gasteiger partial charge in [-0.1, -0.05) is 0 Å². The van der Waals surface area contributed by atoms with E-state index in [9.17, 15) is 9.59 Å². The second-order valence-electron chi connectivity index (χ2n) is 1.88. The minimum atomic E-state index is -1.17. The van der Waals surface area contributed by atoms with Crippen molar-refractivity contribution >= 4 is 11.9 Å². The summed E-state index contributed by atoms with van der Waals surface area (Å²) in [5, 5.41) is 16.3. The van der Waals surface area contributed by atoms with Crippen LogP contribution in [0.3, 0.4) is 0 Å². The van der Waals surface area contributed by atoms with E-state index in [1.165, 1.54) is 0 Å². The minimum absolute atomic E-state index is 0. The van der Waals surface area contributed by atoms with Gasteiger partial charge >= 0.3 is 11.9 Å². The number of aliphatic carboxylic acids is 2. The summed E-state index contributed by atoms with van der Waals surface area (Å²) in [7, 11) is 0. The molecule has 0 radical (unpaired) electrons. The van der Waals surface area contributed by atoms with E-state index in [-0.39, 0.29) is 18.3 Å². The Kier molecular flexibility index (Phi) is 6.41. The molecule has 0 aliphatic carbocycles. The molecule has 0 saturated carbocycles. The molecular weight excluding hydrogens is 154 g/mol. The van der Waals surface area contributed by atoms with Gasteiger partial charge in [-0.15, -0.1) is 0 Å². The number of nitrogens with two attached hydrogens (primary N) is 1. The van der Waals surface area contributed by atoms with Crippen LogP contribution < -0.4 is 5.73 Å². The van der Waals surface area contributed by atoms with Crippen molar-refractivity contribution in [3.63, 3.8) is 0 Å². The Balaban J connectivity index is 0. The second-order valence-corrected chi connectivity index (χ2v) is 1.88. The molecule has 6 N–H and O–H groups in total. The van der Waals surface area contributed by atoms with Gasteiger partial charge in [0.05, 0.1) is 0 Å². The number of rotatable bonds is 4. The Bertz CT molecular complexity index is 146. The molecule has 0 amide bonds. The molecule has 11 heavy (non-hydrogen) atoms. The maximum absolute atomic E-state index is 9.99. The molecule has 1 atom stereocenters. The summed E-state index contributed by atoms with van der Waals surface area (Å²) < 4.78 is 0. The van der Waals surface area contributed by atoms with Crippen LogP contribution in [-0.4, -0.2) is 33.7 Å². The predicted octanol–water partition coefficient (Wildman–Crippen LogP) is -1.56. The minimum Gasteiger partial charge on any atom is -0.481 e. The first-order valence-electron chi connectivity index (χ1n) is 2.74. The van der Waals surface area contributed by atoms with Gasteiger partial charge in [0.2, 0.25) is 0 Å². The molecule has 0 rings (SSSR count). The van der Waals surface area contributed by atoms with Gasteiger partial charge in [-0.05, 0) is 6.42 Å². The van der Waals surface area contributed by atoms with Gasteiger partial charge in [0.25, 0.3) is 0 Å². The maximum Gasteiger partial charge on any atom is 0.320 e. The Morgan fingerprint density at radius 3 is 2.09 bits per heavy atom. The topological polar surface area (TPSA) is 132 Å². The number of hydrogen-bond donors (Lipinski definition) is 3. The highest BCUT2D eigenvalue weighted by Gasteiger charge is 2.12. The number of carboxylic acids is 2. The van der Waals surface area contributed by atoms with Gasteiger partial charge in [-0.3, -0.25) is 9.59 Å². The van der Waals surface area contributed by atoms with Crippen LogP contribution in [0.4, 0.5) is 0 Å². The first-order chi connectivity index (χ1) is 4.54. The zero-order valence-corrected chi connectivity index (χ0v) is 5.78. The largest absolute Gasteiger partial charge is 0.481 e. The van der Waals surface area contributed by atoms with Crippen LogP contribution >= 0.6 is 0 Å². The quantitative estimate of drug-likeness (QED) is 0.463. The molecular formula is C5H11NO5. The Labute approximate surface area is 62.9 Å². The van der Waals surface area contributed by atoms with Gasteiger partial charge in [0, 0.05) is 6.42 Å². The monoisotopic (exact) mass is 165 g/mol. The molecule has 0 aromatic rings. The van der Waals surface area contributed by atoms with Gasteiger partial charge in [0.15, 0.2) is 0 Å². The summed E-state index contributed by atoms with van der Waals surface area (Å²) in [6, 6.07) is -1.06. The van der Waals surface area contributed by atoms with E-state index < -0.39 is 18.0 Å². The summed E-state index contributed by atoms with van der Waals surface area (Å²) >= 11 is 0. The zero-order valence-electron chi connectivity index (χ0n) is 5.78. The third-order valence-electron chi connectivity index (χ3n) is 0.986. The molecule has 0 fully saturated rings. The predicted molar refractivity (Wildman–Crippen MR) is 36.1 cm³/mol. The molecule has 0 spiro atoms. The van der Waals surface area contributed by atoms with Gasteiger partial charge in [-0.2, -0.15) is 0 Å². The fraction of sp³-hybridized carbons (Fsp3) is 0.600. The lowest BCUT2D eigenvalue weighted by molar-refractivity contribution is -0.139. The Morgan fingerprint density at radius 1 is 1.36 bits per heavy atom. The van der Waals surface area contributed by atoms with Crippen molar-refractivity contribution in [3.05, 3.63) is 0 Å². The summed E-state index contributed by atoms with van der Waals surface area (Å²) in [5.74, 6) is -2.20. The third kappa shape index (κ3) is 6.75. The third-order valence-corrected chi connectivity index (χ3v) is 0.986. The van der Waals surface area contributed by atoms with Crippen molar-refractivity contribution in [1.29, 1.82) is 0 Å². The molecule has 6 nitrogen and oxygen atoms in total. The highest BCUT2D eigenvalue weighted by molar-refractivity contribution is 5.74. The summed E-state index contributed by atoms with van der Waals surface area (Å²) in [4.78, 5) is 19.9. The summed E-state index contributed by atoms with van der Waals surface area (Å²) in [6.07, 6.45) is -0.224. The van der Waals surface area contributed by atoms with Crippen LogP contribution in [0.15, 0.2) is 0 Å². The average molecular weight is 165 g/mol. The smallest absolute Gasteiger partial charge is 0.320 e. The molecule has 0 aliphatic heterocycles.